The van der Waals surface area contributed by atoms with Crippen LogP contribution in [0.5, 0.6) is 11.5 Å². The largest absolute Gasteiger partial charge is 0.493 e. The van der Waals surface area contributed by atoms with Crippen molar-refractivity contribution in [2.24, 2.45) is 0 Å². The zero-order chi connectivity index (χ0) is 26.4. The number of rotatable bonds is 9. The van der Waals surface area contributed by atoms with E-state index in [9.17, 15) is 4.79 Å². The Hall–Kier alpha value is -3.50. The van der Waals surface area contributed by atoms with E-state index < -0.39 is 6.03 Å². The van der Waals surface area contributed by atoms with Gasteiger partial charge in [-0.15, -0.1) is 11.6 Å². The van der Waals surface area contributed by atoms with Crippen LogP contribution in [0, 0.1) is 0 Å². The third kappa shape index (κ3) is 6.84. The molecule has 0 aliphatic heterocycles. The van der Waals surface area contributed by atoms with Crippen LogP contribution in [0.4, 0.5) is 16.3 Å². The normalized spacial score (nSPS) is 11.4. The number of benzene rings is 2. The van der Waals surface area contributed by atoms with Gasteiger partial charge in [0.05, 0.1) is 19.2 Å². The first-order valence-corrected chi connectivity index (χ1v) is 13.0. The number of nitrogens with zero attached hydrogens (tertiary/aromatic N) is 3. The van der Waals surface area contributed by atoms with Gasteiger partial charge in [0.1, 0.15) is 17.1 Å². The van der Waals surface area contributed by atoms with E-state index >= 15 is 0 Å². The molecule has 2 aromatic carbocycles. The molecular formula is C26H28ClN5O4S. The number of urea groups is 1. The summed E-state index contributed by atoms with van der Waals surface area (Å²) in [6, 6.07) is 12.5. The second-order valence-electron chi connectivity index (χ2n) is 9.13. The summed E-state index contributed by atoms with van der Waals surface area (Å²) in [6.07, 6.45) is 2.24. The molecule has 0 aliphatic carbocycles. The predicted octanol–water partition coefficient (Wildman–Crippen LogP) is 6.73. The molecule has 4 aromatic rings. The summed E-state index contributed by atoms with van der Waals surface area (Å²) in [5, 5.41) is 11.0. The fraction of sp³-hybridized carbons (Fsp3) is 0.308. The Balaban J connectivity index is 1.49. The lowest BCUT2D eigenvalue weighted by molar-refractivity contribution is 0.262. The maximum absolute atomic E-state index is 12.5. The Labute approximate surface area is 224 Å². The average Bonchev–Trinajstić information content (AvgIpc) is 3.33. The number of aromatic nitrogens is 3. The number of alkyl halides is 1. The first kappa shape index (κ1) is 26.6. The zero-order valence-corrected chi connectivity index (χ0v) is 22.6. The first-order chi connectivity index (χ1) is 17.8. The third-order valence-electron chi connectivity index (χ3n) is 5.22. The van der Waals surface area contributed by atoms with Crippen LogP contribution in [0.2, 0.25) is 0 Å². The smallest absolute Gasteiger partial charge is 0.324 e. The van der Waals surface area contributed by atoms with Gasteiger partial charge in [-0.05, 0) is 30.7 Å². The molecule has 2 heterocycles. The second-order valence-corrected chi connectivity index (χ2v) is 10.6. The standard InChI is InChI=1S/C26H28ClN5O4S/c1-26(2,3)22-14-23(32-36-22)31-25(33)30-16-7-5-8-17(11-16)37-24-18-12-20(34-4)21(35-10-6-9-27)13-19(18)28-15-29-24/h5,7-8,11-15H,6,9-10H2,1-4H3,(H2,30,31,32,33). The molecule has 0 fully saturated rings. The molecule has 0 radical (unpaired) electrons. The molecule has 2 amide bonds. The van der Waals surface area contributed by atoms with Crippen LogP contribution in [-0.4, -0.2) is 40.8 Å². The number of hydrogen-bond acceptors (Lipinski definition) is 8. The van der Waals surface area contributed by atoms with E-state index in [2.05, 4.69) is 25.8 Å². The summed E-state index contributed by atoms with van der Waals surface area (Å²) in [5.41, 5.74) is 1.14. The van der Waals surface area contributed by atoms with Gasteiger partial charge in [0.25, 0.3) is 0 Å². The summed E-state index contributed by atoms with van der Waals surface area (Å²) in [6.45, 7) is 6.51. The third-order valence-corrected chi connectivity index (χ3v) is 6.49. The number of methoxy groups -OCH3 is 1. The van der Waals surface area contributed by atoms with Gasteiger partial charge < -0.3 is 19.3 Å². The molecule has 0 saturated heterocycles. The van der Waals surface area contributed by atoms with Crippen molar-refractivity contribution >= 4 is 51.8 Å². The lowest BCUT2D eigenvalue weighted by Gasteiger charge is -2.13. The van der Waals surface area contributed by atoms with E-state index in [0.29, 0.717) is 41.3 Å². The number of anilines is 2. The number of ether oxygens (including phenoxy) is 2. The summed E-state index contributed by atoms with van der Waals surface area (Å²) < 4.78 is 16.7. The molecule has 0 saturated carbocycles. The average molecular weight is 542 g/mol. The summed E-state index contributed by atoms with van der Waals surface area (Å²) in [4.78, 5) is 22.3. The molecule has 37 heavy (non-hydrogen) atoms. The molecule has 2 aromatic heterocycles. The topological polar surface area (TPSA) is 111 Å². The van der Waals surface area contributed by atoms with Crippen LogP contribution < -0.4 is 20.1 Å². The number of fused-ring (bicyclic) bond motifs is 1. The molecule has 0 spiro atoms. The van der Waals surface area contributed by atoms with E-state index in [-0.39, 0.29) is 5.41 Å². The van der Waals surface area contributed by atoms with Crippen molar-refractivity contribution in [1.29, 1.82) is 0 Å². The molecule has 4 rings (SSSR count). The van der Waals surface area contributed by atoms with Gasteiger partial charge in [0, 0.05) is 39.4 Å². The van der Waals surface area contributed by atoms with Crippen LogP contribution >= 0.6 is 23.4 Å². The number of nitrogens with one attached hydrogen (secondary N) is 2. The van der Waals surface area contributed by atoms with E-state index in [1.807, 2.05) is 51.1 Å². The quantitative estimate of drug-likeness (QED) is 0.136. The highest BCUT2D eigenvalue weighted by Crippen LogP contribution is 2.38. The fourth-order valence-corrected chi connectivity index (χ4v) is 4.38. The minimum Gasteiger partial charge on any atom is -0.493 e. The molecule has 0 aliphatic rings. The van der Waals surface area contributed by atoms with Gasteiger partial charge in [0.2, 0.25) is 0 Å². The number of carbonyl (C=O) groups excluding carboxylic acids is 1. The molecule has 0 atom stereocenters. The number of hydrogen-bond donors (Lipinski definition) is 2. The minimum absolute atomic E-state index is 0.205. The fourth-order valence-electron chi connectivity index (χ4n) is 3.35. The lowest BCUT2D eigenvalue weighted by Crippen LogP contribution is -2.19. The SMILES string of the molecule is COc1cc2c(Sc3cccc(NC(=O)Nc4cc(C(C)(C)C)on4)c3)ncnc2cc1OCCCCl. The summed E-state index contributed by atoms with van der Waals surface area (Å²) >= 11 is 7.21. The van der Waals surface area contributed by atoms with Crippen molar-refractivity contribution < 1.29 is 18.8 Å². The highest BCUT2D eigenvalue weighted by atomic mass is 35.5. The van der Waals surface area contributed by atoms with Gasteiger partial charge >= 0.3 is 6.03 Å². The number of carbonyl (C=O) groups is 1. The monoisotopic (exact) mass is 541 g/mol. The Bertz CT molecular complexity index is 1390. The van der Waals surface area contributed by atoms with Gasteiger partial charge in [-0.3, -0.25) is 5.32 Å². The Morgan fingerprint density at radius 1 is 1.11 bits per heavy atom. The van der Waals surface area contributed by atoms with Gasteiger partial charge in [-0.25, -0.2) is 14.8 Å². The van der Waals surface area contributed by atoms with E-state index in [1.165, 1.54) is 18.1 Å². The molecule has 0 unspecified atom stereocenters. The summed E-state index contributed by atoms with van der Waals surface area (Å²) in [7, 11) is 1.59. The van der Waals surface area contributed by atoms with Crippen LogP contribution in [0.1, 0.15) is 33.0 Å². The molecule has 2 N–H and O–H groups in total. The van der Waals surface area contributed by atoms with Crippen molar-refractivity contribution in [2.75, 3.05) is 30.2 Å². The van der Waals surface area contributed by atoms with E-state index in [0.717, 1.165) is 27.2 Å². The zero-order valence-electron chi connectivity index (χ0n) is 21.0. The lowest BCUT2D eigenvalue weighted by atomic mass is 9.93. The van der Waals surface area contributed by atoms with Crippen molar-refractivity contribution in [3.63, 3.8) is 0 Å². The predicted molar refractivity (Wildman–Crippen MR) is 145 cm³/mol. The van der Waals surface area contributed by atoms with Crippen LogP contribution in [0.15, 0.2) is 63.2 Å². The molecule has 0 bridgehead atoms. The van der Waals surface area contributed by atoms with Gasteiger partial charge in [-0.1, -0.05) is 43.8 Å². The van der Waals surface area contributed by atoms with Crippen molar-refractivity contribution in [3.05, 3.63) is 54.6 Å². The number of halogens is 1. The summed E-state index contributed by atoms with van der Waals surface area (Å²) in [5.74, 6) is 2.75. The van der Waals surface area contributed by atoms with E-state index in [1.54, 1.807) is 19.2 Å². The van der Waals surface area contributed by atoms with Crippen molar-refractivity contribution in [2.45, 2.75) is 42.5 Å². The molecule has 9 nitrogen and oxygen atoms in total. The molecular weight excluding hydrogens is 514 g/mol. The second kappa shape index (κ2) is 11.7. The van der Waals surface area contributed by atoms with Gasteiger partial charge in [0.15, 0.2) is 17.3 Å². The highest BCUT2D eigenvalue weighted by Gasteiger charge is 2.20. The van der Waals surface area contributed by atoms with E-state index in [4.69, 9.17) is 25.6 Å². The Kier molecular flexibility index (Phi) is 8.40. The maximum Gasteiger partial charge on any atom is 0.324 e. The van der Waals surface area contributed by atoms with Crippen LogP contribution in [-0.2, 0) is 5.41 Å². The van der Waals surface area contributed by atoms with Crippen molar-refractivity contribution in [1.82, 2.24) is 15.1 Å². The maximum atomic E-state index is 12.5. The minimum atomic E-state index is -0.421. The molecule has 11 heteroatoms. The van der Waals surface area contributed by atoms with Crippen LogP contribution in [0.3, 0.4) is 0 Å². The van der Waals surface area contributed by atoms with Crippen LogP contribution in [0.25, 0.3) is 10.9 Å². The number of amides is 2. The first-order valence-electron chi connectivity index (χ1n) is 11.6. The highest BCUT2D eigenvalue weighted by molar-refractivity contribution is 7.99. The molecule has 194 valence electrons. The Morgan fingerprint density at radius 2 is 1.95 bits per heavy atom. The van der Waals surface area contributed by atoms with Gasteiger partial charge in [-0.2, -0.15) is 0 Å². The van der Waals surface area contributed by atoms with Crippen molar-refractivity contribution in [3.8, 4) is 11.5 Å². The Morgan fingerprint density at radius 3 is 2.68 bits per heavy atom.